The number of fused-ring (bicyclic) bond motifs is 1. The van der Waals surface area contributed by atoms with Gasteiger partial charge < -0.3 is 14.7 Å². The Labute approximate surface area is 98.7 Å². The highest BCUT2D eigenvalue weighted by Crippen LogP contribution is 2.32. The average molecular weight is 227 g/mol. The van der Waals surface area contributed by atoms with Gasteiger partial charge in [0.05, 0.1) is 5.69 Å². The third-order valence-corrected chi connectivity index (χ3v) is 3.15. The van der Waals surface area contributed by atoms with Crippen molar-refractivity contribution >= 4 is 16.9 Å². The molecule has 4 heteroatoms. The molecule has 0 atom stereocenters. The monoisotopic (exact) mass is 227 g/mol. The van der Waals surface area contributed by atoms with Crippen LogP contribution in [0, 0.1) is 6.92 Å². The lowest BCUT2D eigenvalue weighted by Crippen LogP contribution is -1.97. The van der Waals surface area contributed by atoms with Gasteiger partial charge in [-0.05, 0) is 13.0 Å². The summed E-state index contributed by atoms with van der Waals surface area (Å²) in [6.45, 7) is 2.00. The van der Waals surface area contributed by atoms with E-state index in [4.69, 9.17) is 10.2 Å². The molecule has 0 saturated heterocycles. The predicted molar refractivity (Wildman–Crippen MR) is 67.6 cm³/mol. The highest BCUT2D eigenvalue weighted by Gasteiger charge is 2.15. The number of furan rings is 1. The largest absolute Gasteiger partial charge is 0.464 e. The standard InChI is InChI=1S/C13H13N3O/c1-8-12(15-13(14)16(8)2)10-7-17-11-6-4-3-5-9(10)11/h3-7H,1-2H3,(H2,14,15). The highest BCUT2D eigenvalue weighted by atomic mass is 16.3. The molecule has 2 heterocycles. The molecule has 0 unspecified atom stereocenters. The summed E-state index contributed by atoms with van der Waals surface area (Å²) >= 11 is 0. The molecule has 0 saturated carbocycles. The van der Waals surface area contributed by atoms with Crippen LogP contribution in [-0.2, 0) is 7.05 Å². The van der Waals surface area contributed by atoms with Gasteiger partial charge in [0.25, 0.3) is 0 Å². The first-order valence-electron chi connectivity index (χ1n) is 5.44. The Kier molecular flexibility index (Phi) is 1.98. The molecule has 2 aromatic heterocycles. The molecule has 3 aromatic rings. The lowest BCUT2D eigenvalue weighted by Gasteiger charge is -1.97. The van der Waals surface area contributed by atoms with Crippen molar-refractivity contribution < 1.29 is 4.42 Å². The second kappa shape index (κ2) is 3.38. The van der Waals surface area contributed by atoms with Crippen molar-refractivity contribution in [2.45, 2.75) is 6.92 Å². The third-order valence-electron chi connectivity index (χ3n) is 3.15. The zero-order valence-electron chi connectivity index (χ0n) is 9.77. The van der Waals surface area contributed by atoms with E-state index in [9.17, 15) is 0 Å². The third kappa shape index (κ3) is 1.34. The second-order valence-electron chi connectivity index (χ2n) is 4.11. The first-order valence-corrected chi connectivity index (χ1v) is 5.44. The first kappa shape index (κ1) is 9.96. The Bertz CT molecular complexity index is 694. The molecule has 17 heavy (non-hydrogen) atoms. The van der Waals surface area contributed by atoms with Crippen molar-refractivity contribution in [1.29, 1.82) is 0 Å². The van der Waals surface area contributed by atoms with Crippen LogP contribution in [0.4, 0.5) is 5.95 Å². The zero-order chi connectivity index (χ0) is 12.0. The zero-order valence-corrected chi connectivity index (χ0v) is 9.77. The lowest BCUT2D eigenvalue weighted by molar-refractivity contribution is 0.617. The number of aromatic nitrogens is 2. The van der Waals surface area contributed by atoms with E-state index in [1.165, 1.54) is 0 Å². The number of nitrogens with two attached hydrogens (primary N) is 1. The maximum atomic E-state index is 5.81. The molecule has 0 fully saturated rings. The second-order valence-corrected chi connectivity index (χ2v) is 4.11. The summed E-state index contributed by atoms with van der Waals surface area (Å²) in [5.41, 5.74) is 9.59. The van der Waals surface area contributed by atoms with Gasteiger partial charge in [-0.3, -0.25) is 0 Å². The topological polar surface area (TPSA) is 57.0 Å². The Balaban J connectivity index is 2.31. The van der Waals surface area contributed by atoms with Gasteiger partial charge in [-0.2, -0.15) is 0 Å². The summed E-state index contributed by atoms with van der Waals surface area (Å²) in [6.07, 6.45) is 1.74. The number of rotatable bonds is 1. The average Bonchev–Trinajstić information content (AvgIpc) is 2.86. The van der Waals surface area contributed by atoms with E-state index in [-0.39, 0.29) is 0 Å². The van der Waals surface area contributed by atoms with E-state index in [0.29, 0.717) is 5.95 Å². The van der Waals surface area contributed by atoms with Crippen molar-refractivity contribution in [3.63, 3.8) is 0 Å². The minimum Gasteiger partial charge on any atom is -0.464 e. The van der Waals surface area contributed by atoms with E-state index in [2.05, 4.69) is 4.98 Å². The number of benzene rings is 1. The van der Waals surface area contributed by atoms with Gasteiger partial charge in [0.1, 0.15) is 11.8 Å². The van der Waals surface area contributed by atoms with Crippen LogP contribution in [-0.4, -0.2) is 9.55 Å². The molecular weight excluding hydrogens is 214 g/mol. The number of anilines is 1. The number of hydrogen-bond donors (Lipinski definition) is 1. The SMILES string of the molecule is Cc1c(-c2coc3ccccc23)nc(N)n1C. The Morgan fingerprint density at radius 1 is 1.29 bits per heavy atom. The van der Waals surface area contributed by atoms with Gasteiger partial charge in [0.2, 0.25) is 5.95 Å². The molecule has 0 aliphatic rings. The molecule has 0 aliphatic carbocycles. The van der Waals surface area contributed by atoms with Crippen LogP contribution in [0.25, 0.3) is 22.2 Å². The molecule has 1 aromatic carbocycles. The molecule has 4 nitrogen and oxygen atoms in total. The van der Waals surface area contributed by atoms with E-state index < -0.39 is 0 Å². The van der Waals surface area contributed by atoms with Crippen LogP contribution in [0.5, 0.6) is 0 Å². The summed E-state index contributed by atoms with van der Waals surface area (Å²) in [7, 11) is 1.91. The van der Waals surface area contributed by atoms with E-state index in [0.717, 1.165) is 27.9 Å². The molecule has 86 valence electrons. The lowest BCUT2D eigenvalue weighted by atomic mass is 10.1. The molecule has 0 radical (unpaired) electrons. The fraction of sp³-hybridized carbons (Fsp3) is 0.154. The van der Waals surface area contributed by atoms with Crippen molar-refractivity contribution in [1.82, 2.24) is 9.55 Å². The Morgan fingerprint density at radius 2 is 2.06 bits per heavy atom. The summed E-state index contributed by atoms with van der Waals surface area (Å²) in [5, 5.41) is 1.06. The van der Waals surface area contributed by atoms with Gasteiger partial charge in [-0.15, -0.1) is 0 Å². The number of hydrogen-bond acceptors (Lipinski definition) is 3. The number of imidazole rings is 1. The maximum Gasteiger partial charge on any atom is 0.200 e. The van der Waals surface area contributed by atoms with Crippen LogP contribution < -0.4 is 5.73 Å². The molecule has 3 rings (SSSR count). The van der Waals surface area contributed by atoms with Gasteiger partial charge in [-0.1, -0.05) is 18.2 Å². The fourth-order valence-corrected chi connectivity index (χ4v) is 2.02. The minimum absolute atomic E-state index is 0.516. The van der Waals surface area contributed by atoms with Crippen LogP contribution in [0.3, 0.4) is 0 Å². The van der Waals surface area contributed by atoms with Crippen molar-refractivity contribution in [2.24, 2.45) is 7.05 Å². The van der Waals surface area contributed by atoms with E-state index in [1.807, 2.05) is 42.8 Å². The number of nitrogen functional groups attached to an aromatic ring is 1. The predicted octanol–water partition coefficient (Wildman–Crippen LogP) is 2.72. The number of nitrogens with zero attached hydrogens (tertiary/aromatic N) is 2. The van der Waals surface area contributed by atoms with Gasteiger partial charge in [-0.25, -0.2) is 4.98 Å². The minimum atomic E-state index is 0.516. The summed E-state index contributed by atoms with van der Waals surface area (Å²) in [4.78, 5) is 4.38. The van der Waals surface area contributed by atoms with Gasteiger partial charge >= 0.3 is 0 Å². The number of para-hydroxylation sites is 1. The molecule has 2 N–H and O–H groups in total. The fourth-order valence-electron chi connectivity index (χ4n) is 2.02. The normalized spacial score (nSPS) is 11.2. The van der Waals surface area contributed by atoms with Crippen LogP contribution >= 0.6 is 0 Å². The van der Waals surface area contributed by atoms with Crippen LogP contribution in [0.2, 0.25) is 0 Å². The smallest absolute Gasteiger partial charge is 0.200 e. The summed E-state index contributed by atoms with van der Waals surface area (Å²) in [6, 6.07) is 7.91. The van der Waals surface area contributed by atoms with E-state index >= 15 is 0 Å². The highest BCUT2D eigenvalue weighted by molar-refractivity contribution is 5.93. The summed E-state index contributed by atoms with van der Waals surface area (Å²) in [5.74, 6) is 0.516. The Morgan fingerprint density at radius 3 is 2.76 bits per heavy atom. The maximum absolute atomic E-state index is 5.81. The molecule has 0 bridgehead atoms. The molecule has 0 aliphatic heterocycles. The summed E-state index contributed by atoms with van der Waals surface area (Å²) < 4.78 is 7.39. The molecule has 0 amide bonds. The van der Waals surface area contributed by atoms with Crippen molar-refractivity contribution in [3.8, 4) is 11.3 Å². The van der Waals surface area contributed by atoms with E-state index in [1.54, 1.807) is 6.26 Å². The van der Waals surface area contributed by atoms with Gasteiger partial charge in [0.15, 0.2) is 0 Å². The molecular formula is C13H13N3O. The van der Waals surface area contributed by atoms with Crippen LogP contribution in [0.15, 0.2) is 34.9 Å². The quantitative estimate of drug-likeness (QED) is 0.695. The molecule has 0 spiro atoms. The van der Waals surface area contributed by atoms with Crippen molar-refractivity contribution in [2.75, 3.05) is 5.73 Å². The van der Waals surface area contributed by atoms with Crippen molar-refractivity contribution in [3.05, 3.63) is 36.2 Å². The van der Waals surface area contributed by atoms with Crippen LogP contribution in [0.1, 0.15) is 5.69 Å². The Hall–Kier alpha value is -2.23. The van der Waals surface area contributed by atoms with Gasteiger partial charge in [0, 0.05) is 23.7 Å². The first-order chi connectivity index (χ1) is 8.18.